The highest BCUT2D eigenvalue weighted by Gasteiger charge is 2.11. The second-order valence-electron chi connectivity index (χ2n) is 5.17. The first-order chi connectivity index (χ1) is 9.52. The highest BCUT2D eigenvalue weighted by Crippen LogP contribution is 2.33. The second-order valence-corrected chi connectivity index (χ2v) is 5.57. The molecule has 0 aliphatic rings. The van der Waals surface area contributed by atoms with E-state index in [4.69, 9.17) is 11.6 Å². The van der Waals surface area contributed by atoms with Crippen LogP contribution in [0.3, 0.4) is 0 Å². The molecule has 0 unspecified atom stereocenters. The summed E-state index contributed by atoms with van der Waals surface area (Å²) in [5.41, 5.74) is 5.92. The van der Waals surface area contributed by atoms with Crippen molar-refractivity contribution in [3.8, 4) is 0 Å². The van der Waals surface area contributed by atoms with Crippen LogP contribution in [-0.2, 0) is 6.54 Å². The fourth-order valence-corrected chi connectivity index (χ4v) is 2.78. The first kappa shape index (κ1) is 14.9. The molecule has 0 spiro atoms. The SMILES string of the molecule is CNCc1ccc(N(C)c2ccc(C)cc2C)c(Cl)c1. The van der Waals surface area contributed by atoms with Crippen LogP contribution >= 0.6 is 11.6 Å². The Kier molecular flexibility index (Phi) is 4.69. The summed E-state index contributed by atoms with van der Waals surface area (Å²) in [6.07, 6.45) is 0. The van der Waals surface area contributed by atoms with E-state index < -0.39 is 0 Å². The van der Waals surface area contributed by atoms with Gasteiger partial charge in [0.1, 0.15) is 0 Å². The van der Waals surface area contributed by atoms with Crippen molar-refractivity contribution in [3.63, 3.8) is 0 Å². The molecule has 0 aromatic heterocycles. The molecule has 20 heavy (non-hydrogen) atoms. The summed E-state index contributed by atoms with van der Waals surface area (Å²) < 4.78 is 0. The Morgan fingerprint density at radius 1 is 1.05 bits per heavy atom. The van der Waals surface area contributed by atoms with Crippen LogP contribution in [0.5, 0.6) is 0 Å². The molecule has 2 aromatic rings. The summed E-state index contributed by atoms with van der Waals surface area (Å²) in [6, 6.07) is 12.7. The zero-order chi connectivity index (χ0) is 14.7. The quantitative estimate of drug-likeness (QED) is 0.894. The Morgan fingerprint density at radius 2 is 1.75 bits per heavy atom. The van der Waals surface area contributed by atoms with Gasteiger partial charge in [-0.25, -0.2) is 0 Å². The smallest absolute Gasteiger partial charge is 0.0646 e. The Hall–Kier alpha value is -1.51. The van der Waals surface area contributed by atoms with E-state index >= 15 is 0 Å². The zero-order valence-electron chi connectivity index (χ0n) is 12.5. The number of anilines is 2. The van der Waals surface area contributed by atoms with Crippen LogP contribution in [0, 0.1) is 13.8 Å². The van der Waals surface area contributed by atoms with Crippen LogP contribution < -0.4 is 10.2 Å². The molecule has 3 heteroatoms. The van der Waals surface area contributed by atoms with Crippen LogP contribution in [0.4, 0.5) is 11.4 Å². The first-order valence-corrected chi connectivity index (χ1v) is 7.14. The number of hydrogen-bond acceptors (Lipinski definition) is 2. The predicted octanol–water partition coefficient (Wildman–Crippen LogP) is 4.44. The van der Waals surface area contributed by atoms with Crippen molar-refractivity contribution in [2.75, 3.05) is 19.0 Å². The van der Waals surface area contributed by atoms with Crippen LogP contribution in [0.25, 0.3) is 0 Å². The molecular weight excluding hydrogens is 268 g/mol. The lowest BCUT2D eigenvalue weighted by Gasteiger charge is -2.23. The molecule has 2 aromatic carbocycles. The van der Waals surface area contributed by atoms with Gasteiger partial charge in [-0.15, -0.1) is 0 Å². The molecule has 0 radical (unpaired) electrons. The lowest BCUT2D eigenvalue weighted by molar-refractivity contribution is 0.818. The van der Waals surface area contributed by atoms with Crippen molar-refractivity contribution in [3.05, 3.63) is 58.1 Å². The van der Waals surface area contributed by atoms with E-state index in [1.54, 1.807) is 0 Å². The van der Waals surface area contributed by atoms with Gasteiger partial charge in [-0.05, 0) is 50.2 Å². The monoisotopic (exact) mass is 288 g/mol. The van der Waals surface area contributed by atoms with Crippen LogP contribution in [0.1, 0.15) is 16.7 Å². The van der Waals surface area contributed by atoms with Crippen LogP contribution in [-0.4, -0.2) is 14.1 Å². The molecule has 2 rings (SSSR count). The van der Waals surface area contributed by atoms with Crippen molar-refractivity contribution in [1.29, 1.82) is 0 Å². The minimum absolute atomic E-state index is 0.778. The number of aryl methyl sites for hydroxylation is 2. The third-order valence-electron chi connectivity index (χ3n) is 3.47. The lowest BCUT2D eigenvalue weighted by Crippen LogP contribution is -2.12. The lowest BCUT2D eigenvalue weighted by atomic mass is 10.1. The van der Waals surface area contributed by atoms with E-state index in [9.17, 15) is 0 Å². The number of nitrogens with one attached hydrogen (secondary N) is 1. The maximum Gasteiger partial charge on any atom is 0.0646 e. The Morgan fingerprint density at radius 3 is 2.35 bits per heavy atom. The van der Waals surface area contributed by atoms with Gasteiger partial charge in [0.2, 0.25) is 0 Å². The van der Waals surface area contributed by atoms with Gasteiger partial charge in [0.05, 0.1) is 10.7 Å². The summed E-state index contributed by atoms with van der Waals surface area (Å²) in [4.78, 5) is 2.14. The summed E-state index contributed by atoms with van der Waals surface area (Å²) >= 11 is 6.42. The molecule has 0 amide bonds. The Bertz CT molecular complexity index is 608. The summed E-state index contributed by atoms with van der Waals surface area (Å²) in [6.45, 7) is 5.06. The van der Waals surface area contributed by atoms with Gasteiger partial charge in [0.15, 0.2) is 0 Å². The predicted molar refractivity (Wildman–Crippen MR) is 88.2 cm³/mol. The van der Waals surface area contributed by atoms with Crippen molar-refractivity contribution in [2.45, 2.75) is 20.4 Å². The van der Waals surface area contributed by atoms with Crippen molar-refractivity contribution in [1.82, 2.24) is 5.32 Å². The molecule has 0 bridgehead atoms. The highest BCUT2D eigenvalue weighted by molar-refractivity contribution is 6.33. The van der Waals surface area contributed by atoms with Gasteiger partial charge in [-0.3, -0.25) is 0 Å². The van der Waals surface area contributed by atoms with E-state index in [0.29, 0.717) is 0 Å². The first-order valence-electron chi connectivity index (χ1n) is 6.77. The molecule has 1 N–H and O–H groups in total. The zero-order valence-corrected chi connectivity index (χ0v) is 13.3. The Labute approximate surface area is 126 Å². The summed E-state index contributed by atoms with van der Waals surface area (Å²) in [7, 11) is 3.99. The molecule has 0 fully saturated rings. The summed E-state index contributed by atoms with van der Waals surface area (Å²) in [5.74, 6) is 0. The number of hydrogen-bond donors (Lipinski definition) is 1. The molecule has 0 heterocycles. The van der Waals surface area contributed by atoms with Gasteiger partial charge in [-0.1, -0.05) is 35.4 Å². The number of benzene rings is 2. The molecule has 0 atom stereocenters. The van der Waals surface area contributed by atoms with Crippen LogP contribution in [0.2, 0.25) is 5.02 Å². The number of rotatable bonds is 4. The number of halogens is 1. The van der Waals surface area contributed by atoms with Gasteiger partial charge >= 0.3 is 0 Å². The minimum Gasteiger partial charge on any atom is -0.343 e. The van der Waals surface area contributed by atoms with Gasteiger partial charge < -0.3 is 10.2 Å². The maximum absolute atomic E-state index is 6.42. The fourth-order valence-electron chi connectivity index (χ4n) is 2.45. The molecule has 0 aliphatic carbocycles. The topological polar surface area (TPSA) is 15.3 Å². The Balaban J connectivity index is 2.35. The van der Waals surface area contributed by atoms with E-state index in [1.807, 2.05) is 13.1 Å². The molecular formula is C17H21ClN2. The highest BCUT2D eigenvalue weighted by atomic mass is 35.5. The van der Waals surface area contributed by atoms with Crippen molar-refractivity contribution < 1.29 is 0 Å². The van der Waals surface area contributed by atoms with E-state index in [1.165, 1.54) is 22.4 Å². The molecule has 0 saturated carbocycles. The molecule has 2 nitrogen and oxygen atoms in total. The average molecular weight is 289 g/mol. The third-order valence-corrected chi connectivity index (χ3v) is 3.77. The minimum atomic E-state index is 0.778. The van der Waals surface area contributed by atoms with Gasteiger partial charge in [0.25, 0.3) is 0 Å². The standard InChI is InChI=1S/C17H21ClN2/c1-12-5-7-16(13(2)9-12)20(4)17-8-6-14(11-19-3)10-15(17)18/h5-10,19H,11H2,1-4H3. The van der Waals surface area contributed by atoms with E-state index in [-0.39, 0.29) is 0 Å². The maximum atomic E-state index is 6.42. The van der Waals surface area contributed by atoms with E-state index in [0.717, 1.165) is 17.3 Å². The third kappa shape index (κ3) is 3.14. The van der Waals surface area contributed by atoms with Gasteiger partial charge in [0, 0.05) is 19.3 Å². The average Bonchev–Trinajstić information content (AvgIpc) is 2.38. The normalized spacial score (nSPS) is 10.7. The second kappa shape index (κ2) is 6.29. The molecule has 0 saturated heterocycles. The molecule has 0 aliphatic heterocycles. The fraction of sp³-hybridized carbons (Fsp3) is 0.294. The number of nitrogens with zero attached hydrogens (tertiary/aromatic N) is 1. The van der Waals surface area contributed by atoms with Crippen molar-refractivity contribution in [2.24, 2.45) is 0 Å². The molecule has 106 valence electrons. The van der Waals surface area contributed by atoms with Crippen molar-refractivity contribution >= 4 is 23.0 Å². The van der Waals surface area contributed by atoms with Gasteiger partial charge in [-0.2, -0.15) is 0 Å². The summed E-state index contributed by atoms with van der Waals surface area (Å²) in [5, 5.41) is 3.91. The van der Waals surface area contributed by atoms with Crippen LogP contribution in [0.15, 0.2) is 36.4 Å². The van der Waals surface area contributed by atoms with E-state index in [2.05, 4.69) is 61.4 Å². The largest absolute Gasteiger partial charge is 0.343 e.